The van der Waals surface area contributed by atoms with E-state index in [2.05, 4.69) is 15.5 Å². The first-order valence-electron chi connectivity index (χ1n) is 8.18. The minimum Gasteiger partial charge on any atom is -0.481 e. The minimum absolute atomic E-state index is 0.0300. The number of carboxylic acids is 1. The number of aliphatic carboxylic acids is 1. The van der Waals surface area contributed by atoms with Crippen molar-refractivity contribution in [3.05, 3.63) is 41.5 Å². The van der Waals surface area contributed by atoms with E-state index in [0.717, 1.165) is 11.8 Å². The highest BCUT2D eigenvalue weighted by atomic mass is 32.2. The molecule has 0 aliphatic rings. The van der Waals surface area contributed by atoms with Crippen molar-refractivity contribution >= 4 is 23.6 Å². The number of amides is 1. The highest BCUT2D eigenvalue weighted by molar-refractivity contribution is 7.99. The molecule has 0 radical (unpaired) electrons. The van der Waals surface area contributed by atoms with E-state index >= 15 is 0 Å². The van der Waals surface area contributed by atoms with Crippen LogP contribution >= 0.6 is 11.8 Å². The predicted molar refractivity (Wildman–Crippen MR) is 95.5 cm³/mol. The van der Waals surface area contributed by atoms with Crippen LogP contribution < -0.4 is 5.32 Å². The number of nitrogens with one attached hydrogen (secondary N) is 1. The van der Waals surface area contributed by atoms with Gasteiger partial charge in [-0.2, -0.15) is 0 Å². The van der Waals surface area contributed by atoms with Gasteiger partial charge < -0.3 is 15.0 Å². The van der Waals surface area contributed by atoms with Gasteiger partial charge in [0.05, 0.1) is 17.4 Å². The van der Waals surface area contributed by atoms with Crippen molar-refractivity contribution in [3.63, 3.8) is 0 Å². The number of nitrogens with zero attached hydrogens (tertiary/aromatic N) is 3. The predicted octanol–water partition coefficient (Wildman–Crippen LogP) is 2.74. The summed E-state index contributed by atoms with van der Waals surface area (Å²) >= 11 is 1.06. The van der Waals surface area contributed by atoms with E-state index in [1.807, 2.05) is 20.8 Å². The normalized spacial score (nSPS) is 12.2. The second-order valence-electron chi connectivity index (χ2n) is 5.94. The molecule has 7 nitrogen and oxygen atoms in total. The largest absolute Gasteiger partial charge is 0.481 e. The van der Waals surface area contributed by atoms with Crippen molar-refractivity contribution in [1.82, 2.24) is 20.1 Å². The summed E-state index contributed by atoms with van der Waals surface area (Å²) in [6, 6.07) is 5.27. The smallest absolute Gasteiger partial charge is 0.313 e. The van der Waals surface area contributed by atoms with Crippen LogP contribution in [0.15, 0.2) is 29.4 Å². The van der Waals surface area contributed by atoms with Gasteiger partial charge in [0, 0.05) is 6.54 Å². The van der Waals surface area contributed by atoms with E-state index in [0.29, 0.717) is 17.5 Å². The van der Waals surface area contributed by atoms with E-state index in [1.165, 1.54) is 18.2 Å². The lowest BCUT2D eigenvalue weighted by Crippen LogP contribution is -2.34. The molecule has 1 amide bonds. The third-order valence-corrected chi connectivity index (χ3v) is 4.69. The molecule has 2 N–H and O–H groups in total. The molecule has 0 fully saturated rings. The van der Waals surface area contributed by atoms with Crippen LogP contribution in [0.2, 0.25) is 0 Å². The Morgan fingerprint density at radius 1 is 1.31 bits per heavy atom. The fourth-order valence-electron chi connectivity index (χ4n) is 2.45. The van der Waals surface area contributed by atoms with Gasteiger partial charge in [-0.15, -0.1) is 10.2 Å². The second kappa shape index (κ2) is 8.79. The summed E-state index contributed by atoms with van der Waals surface area (Å²) < 4.78 is 15.6. The summed E-state index contributed by atoms with van der Waals surface area (Å²) in [5, 5.41) is 20.3. The summed E-state index contributed by atoms with van der Waals surface area (Å²) in [6.45, 7) is 6.22. The molecule has 1 aromatic heterocycles. The number of thioether (sulfide) groups is 1. The molecule has 9 heteroatoms. The molecule has 0 saturated heterocycles. The number of hydrogen-bond donors (Lipinski definition) is 2. The molecular weight excluding hydrogens is 359 g/mol. The van der Waals surface area contributed by atoms with Gasteiger partial charge >= 0.3 is 5.97 Å². The lowest BCUT2D eigenvalue weighted by molar-refractivity contribution is -0.133. The van der Waals surface area contributed by atoms with Gasteiger partial charge in [-0.05, 0) is 25.0 Å². The minimum atomic E-state index is -0.949. The molecule has 1 atom stereocenters. The van der Waals surface area contributed by atoms with Crippen molar-refractivity contribution in [2.45, 2.75) is 38.5 Å². The standard InChI is InChI=1S/C17H21FN4O3S/c1-4-22-15(20-21-17(22)26-9-13(23)24)14(10(2)3)19-16(25)11-7-5-6-8-12(11)18/h5-8,10,14H,4,9H2,1-3H3,(H,19,25)(H,23,24). The van der Waals surface area contributed by atoms with E-state index in [9.17, 15) is 14.0 Å². The van der Waals surface area contributed by atoms with Crippen LogP contribution in [0, 0.1) is 11.7 Å². The van der Waals surface area contributed by atoms with Gasteiger partial charge in [-0.25, -0.2) is 4.39 Å². The number of carbonyl (C=O) groups excluding carboxylic acids is 1. The molecule has 140 valence electrons. The highest BCUT2D eigenvalue weighted by Crippen LogP contribution is 2.25. The van der Waals surface area contributed by atoms with Crippen LogP contribution in [0.25, 0.3) is 0 Å². The topological polar surface area (TPSA) is 97.1 Å². The van der Waals surface area contributed by atoms with Gasteiger partial charge in [-0.3, -0.25) is 9.59 Å². The van der Waals surface area contributed by atoms with Crippen LogP contribution in [0.1, 0.15) is 43.0 Å². The van der Waals surface area contributed by atoms with E-state index in [1.54, 1.807) is 10.6 Å². The Bertz CT molecular complexity index is 794. The van der Waals surface area contributed by atoms with Gasteiger partial charge in [-0.1, -0.05) is 37.7 Å². The van der Waals surface area contributed by atoms with Crippen molar-refractivity contribution in [1.29, 1.82) is 0 Å². The molecule has 1 unspecified atom stereocenters. The van der Waals surface area contributed by atoms with E-state index in [4.69, 9.17) is 5.11 Å². The Labute approximate surface area is 155 Å². The summed E-state index contributed by atoms with van der Waals surface area (Å²) in [5.41, 5.74) is -0.0406. The Balaban J connectivity index is 2.28. The molecule has 2 aromatic rings. The van der Waals surface area contributed by atoms with Crippen LogP contribution in [-0.2, 0) is 11.3 Å². The Morgan fingerprint density at radius 2 is 2.00 bits per heavy atom. The van der Waals surface area contributed by atoms with Crippen molar-refractivity contribution in [2.24, 2.45) is 5.92 Å². The number of rotatable bonds is 8. The number of carboxylic acid groups (broad SMARTS) is 1. The number of carbonyl (C=O) groups is 2. The number of benzene rings is 1. The Kier molecular flexibility index (Phi) is 6.73. The third kappa shape index (κ3) is 4.60. The lowest BCUT2D eigenvalue weighted by Gasteiger charge is -2.22. The zero-order valence-corrected chi connectivity index (χ0v) is 15.6. The van der Waals surface area contributed by atoms with Gasteiger partial charge in [0.1, 0.15) is 5.82 Å². The number of hydrogen-bond acceptors (Lipinski definition) is 5. The zero-order chi connectivity index (χ0) is 19.3. The fraction of sp³-hybridized carbons (Fsp3) is 0.412. The first-order valence-corrected chi connectivity index (χ1v) is 9.16. The molecule has 0 aliphatic heterocycles. The second-order valence-corrected chi connectivity index (χ2v) is 6.88. The first-order chi connectivity index (χ1) is 12.3. The van der Waals surface area contributed by atoms with Gasteiger partial charge in [0.2, 0.25) is 0 Å². The molecular formula is C17H21FN4O3S. The quantitative estimate of drug-likeness (QED) is 0.684. The summed E-state index contributed by atoms with van der Waals surface area (Å²) in [7, 11) is 0. The summed E-state index contributed by atoms with van der Waals surface area (Å²) in [5.74, 6) is -1.73. The van der Waals surface area contributed by atoms with E-state index < -0.39 is 23.7 Å². The molecule has 1 heterocycles. The number of aromatic nitrogens is 3. The maximum Gasteiger partial charge on any atom is 0.313 e. The summed E-state index contributed by atoms with van der Waals surface area (Å²) in [4.78, 5) is 23.3. The van der Waals surface area contributed by atoms with Crippen LogP contribution in [0.5, 0.6) is 0 Å². The maximum atomic E-state index is 13.9. The molecule has 26 heavy (non-hydrogen) atoms. The van der Waals surface area contributed by atoms with Crippen molar-refractivity contribution < 1.29 is 19.1 Å². The molecule has 0 bridgehead atoms. The average molecular weight is 380 g/mol. The molecule has 0 saturated carbocycles. The van der Waals surface area contributed by atoms with Crippen LogP contribution in [0.4, 0.5) is 4.39 Å². The summed E-state index contributed by atoms with van der Waals surface area (Å²) in [6.07, 6.45) is 0. The average Bonchev–Trinajstić information content (AvgIpc) is 3.00. The number of halogens is 1. The zero-order valence-electron chi connectivity index (χ0n) is 14.8. The lowest BCUT2D eigenvalue weighted by atomic mass is 10.0. The third-order valence-electron chi connectivity index (χ3n) is 3.74. The maximum absolute atomic E-state index is 13.9. The van der Waals surface area contributed by atoms with Crippen LogP contribution in [0.3, 0.4) is 0 Å². The fourth-order valence-corrected chi connectivity index (χ4v) is 3.18. The molecule has 1 aromatic carbocycles. The first kappa shape index (κ1) is 19.9. The Hall–Kier alpha value is -2.42. The Morgan fingerprint density at radius 3 is 2.58 bits per heavy atom. The van der Waals surface area contributed by atoms with Gasteiger partial charge in [0.25, 0.3) is 5.91 Å². The van der Waals surface area contributed by atoms with Crippen molar-refractivity contribution in [2.75, 3.05) is 5.75 Å². The van der Waals surface area contributed by atoms with Crippen LogP contribution in [-0.4, -0.2) is 37.5 Å². The highest BCUT2D eigenvalue weighted by Gasteiger charge is 2.26. The van der Waals surface area contributed by atoms with E-state index in [-0.39, 0.29) is 17.2 Å². The molecule has 0 spiro atoms. The molecule has 2 rings (SSSR count). The van der Waals surface area contributed by atoms with Crippen molar-refractivity contribution in [3.8, 4) is 0 Å². The monoisotopic (exact) mass is 380 g/mol. The SMILES string of the molecule is CCn1c(SCC(=O)O)nnc1C(NC(=O)c1ccccc1F)C(C)C. The molecule has 0 aliphatic carbocycles. The van der Waals surface area contributed by atoms with Gasteiger partial charge in [0.15, 0.2) is 11.0 Å².